The van der Waals surface area contributed by atoms with Crippen molar-refractivity contribution >= 4 is 5.96 Å². The maximum atomic E-state index is 4.71. The van der Waals surface area contributed by atoms with Crippen LogP contribution in [0.25, 0.3) is 0 Å². The molecule has 4 heteroatoms. The van der Waals surface area contributed by atoms with Gasteiger partial charge >= 0.3 is 0 Å². The molecular formula is C16H30N4. The van der Waals surface area contributed by atoms with Crippen LogP contribution in [0.15, 0.2) is 4.99 Å². The Kier molecular flexibility index (Phi) is 4.49. The number of aliphatic imine (C=N–C) groups is 1. The summed E-state index contributed by atoms with van der Waals surface area (Å²) in [5.41, 5.74) is 0. The minimum absolute atomic E-state index is 0.675. The molecule has 0 amide bonds. The normalized spacial score (nSPS) is 35.4. The smallest absolute Gasteiger partial charge is 0.194 e. The summed E-state index contributed by atoms with van der Waals surface area (Å²) in [4.78, 5) is 9.92. The molecular weight excluding hydrogens is 248 g/mol. The standard InChI is InChI=1S/C16H30N4/c1-3-17-16(18-15-11-13(15)2)20-10-7-14(12-20)19-8-5-4-6-9-19/h13-15H,3-12H2,1-2H3,(H,17,18). The molecule has 2 saturated heterocycles. The molecule has 1 aliphatic carbocycles. The number of hydrogen-bond donors (Lipinski definition) is 1. The van der Waals surface area contributed by atoms with Crippen molar-refractivity contribution in [3.05, 3.63) is 0 Å². The van der Waals surface area contributed by atoms with Gasteiger partial charge in [0.15, 0.2) is 5.96 Å². The maximum absolute atomic E-state index is 4.71. The van der Waals surface area contributed by atoms with Crippen molar-refractivity contribution in [3.8, 4) is 0 Å². The van der Waals surface area contributed by atoms with Crippen LogP contribution in [-0.2, 0) is 0 Å². The molecule has 3 atom stereocenters. The molecule has 2 aliphatic heterocycles. The van der Waals surface area contributed by atoms with Crippen LogP contribution in [0.5, 0.6) is 0 Å². The Morgan fingerprint density at radius 1 is 1.20 bits per heavy atom. The molecule has 3 aliphatic rings. The highest BCUT2D eigenvalue weighted by Gasteiger charge is 2.36. The number of nitrogens with one attached hydrogen (secondary N) is 1. The van der Waals surface area contributed by atoms with E-state index in [1.165, 1.54) is 64.2 Å². The van der Waals surface area contributed by atoms with Crippen LogP contribution in [0.1, 0.15) is 46.0 Å². The first-order valence-electron chi connectivity index (χ1n) is 8.58. The highest BCUT2D eigenvalue weighted by atomic mass is 15.4. The van der Waals surface area contributed by atoms with Crippen LogP contribution < -0.4 is 5.32 Å². The topological polar surface area (TPSA) is 30.9 Å². The van der Waals surface area contributed by atoms with Gasteiger partial charge in [-0.05, 0) is 51.6 Å². The third-order valence-corrected chi connectivity index (χ3v) is 5.10. The second-order valence-corrected chi connectivity index (χ2v) is 6.75. The van der Waals surface area contributed by atoms with Gasteiger partial charge in [0.1, 0.15) is 0 Å². The van der Waals surface area contributed by atoms with Crippen molar-refractivity contribution < 1.29 is 0 Å². The maximum Gasteiger partial charge on any atom is 0.194 e. The Morgan fingerprint density at radius 2 is 1.95 bits per heavy atom. The summed E-state index contributed by atoms with van der Waals surface area (Å²) >= 11 is 0. The predicted molar refractivity (Wildman–Crippen MR) is 84.1 cm³/mol. The van der Waals surface area contributed by atoms with Crippen molar-refractivity contribution in [2.45, 2.75) is 58.0 Å². The first-order valence-corrected chi connectivity index (χ1v) is 8.58. The zero-order valence-corrected chi connectivity index (χ0v) is 13.1. The van der Waals surface area contributed by atoms with Crippen molar-refractivity contribution in [1.29, 1.82) is 0 Å². The van der Waals surface area contributed by atoms with Crippen LogP contribution in [0.2, 0.25) is 0 Å². The van der Waals surface area contributed by atoms with Crippen molar-refractivity contribution in [2.75, 3.05) is 32.7 Å². The summed E-state index contributed by atoms with van der Waals surface area (Å²) < 4.78 is 0. The molecule has 3 fully saturated rings. The van der Waals surface area contributed by atoms with Gasteiger partial charge in [0, 0.05) is 31.7 Å². The summed E-state index contributed by atoms with van der Waals surface area (Å²) in [5, 5.41) is 3.66. The van der Waals surface area contributed by atoms with E-state index >= 15 is 0 Å². The highest BCUT2D eigenvalue weighted by molar-refractivity contribution is 5.81. The highest BCUT2D eigenvalue weighted by Crippen LogP contribution is 2.29. The van der Waals surface area contributed by atoms with Crippen LogP contribution >= 0.6 is 0 Å². The summed E-state index contributed by atoms with van der Waals surface area (Å²) in [5.74, 6) is 2.00. The molecule has 0 spiro atoms. The summed E-state index contributed by atoms with van der Waals surface area (Å²) in [6.07, 6.45) is 6.84. The van der Waals surface area contributed by atoms with Gasteiger partial charge in [-0.15, -0.1) is 0 Å². The average Bonchev–Trinajstić information content (AvgIpc) is 2.98. The van der Waals surface area contributed by atoms with E-state index < -0.39 is 0 Å². The number of guanidine groups is 1. The third kappa shape index (κ3) is 3.27. The van der Waals surface area contributed by atoms with Crippen LogP contribution in [0, 0.1) is 5.92 Å². The fraction of sp³-hybridized carbons (Fsp3) is 0.938. The number of likely N-dealkylation sites (tertiary alicyclic amines) is 2. The van der Waals surface area contributed by atoms with Gasteiger partial charge in [0.2, 0.25) is 0 Å². The minimum Gasteiger partial charge on any atom is -0.353 e. The molecule has 0 aromatic carbocycles. The fourth-order valence-electron chi connectivity index (χ4n) is 3.59. The number of rotatable bonds is 3. The van der Waals surface area contributed by atoms with E-state index in [9.17, 15) is 0 Å². The second kappa shape index (κ2) is 6.33. The molecule has 3 rings (SSSR count). The van der Waals surface area contributed by atoms with Gasteiger partial charge in [0.05, 0.1) is 0 Å². The number of piperidine rings is 1. The van der Waals surface area contributed by atoms with Gasteiger partial charge in [-0.1, -0.05) is 13.3 Å². The zero-order valence-electron chi connectivity index (χ0n) is 13.1. The van der Waals surface area contributed by atoms with Gasteiger partial charge in [-0.25, -0.2) is 0 Å². The Bertz CT molecular complexity index is 348. The monoisotopic (exact) mass is 278 g/mol. The van der Waals surface area contributed by atoms with Crippen molar-refractivity contribution in [1.82, 2.24) is 15.1 Å². The first kappa shape index (κ1) is 14.2. The largest absolute Gasteiger partial charge is 0.353 e. The molecule has 0 aromatic heterocycles. The molecule has 1 saturated carbocycles. The molecule has 3 unspecified atom stereocenters. The average molecular weight is 278 g/mol. The SMILES string of the molecule is CCN=C(NC1CC1C)N1CCC(N2CCCCC2)C1. The predicted octanol–water partition coefficient (Wildman–Crippen LogP) is 1.92. The molecule has 0 bridgehead atoms. The lowest BCUT2D eigenvalue weighted by Crippen LogP contribution is -2.45. The molecule has 2 heterocycles. The molecule has 20 heavy (non-hydrogen) atoms. The zero-order chi connectivity index (χ0) is 13.9. The van der Waals surface area contributed by atoms with Gasteiger partial charge < -0.3 is 10.2 Å². The van der Waals surface area contributed by atoms with E-state index in [0.717, 1.165) is 18.5 Å². The molecule has 4 nitrogen and oxygen atoms in total. The fourth-order valence-corrected chi connectivity index (χ4v) is 3.59. The van der Waals surface area contributed by atoms with E-state index in [1.807, 2.05) is 0 Å². The molecule has 0 aromatic rings. The van der Waals surface area contributed by atoms with Gasteiger partial charge in [-0.2, -0.15) is 0 Å². The molecule has 0 radical (unpaired) electrons. The number of hydrogen-bond acceptors (Lipinski definition) is 2. The van der Waals surface area contributed by atoms with Crippen LogP contribution in [-0.4, -0.2) is 60.6 Å². The number of nitrogens with zero attached hydrogens (tertiary/aromatic N) is 3. The van der Waals surface area contributed by atoms with Crippen molar-refractivity contribution in [2.24, 2.45) is 10.9 Å². The van der Waals surface area contributed by atoms with Crippen molar-refractivity contribution in [3.63, 3.8) is 0 Å². The quantitative estimate of drug-likeness (QED) is 0.632. The first-order chi connectivity index (χ1) is 9.78. The minimum atomic E-state index is 0.675. The van der Waals surface area contributed by atoms with Crippen LogP contribution in [0.3, 0.4) is 0 Å². The Morgan fingerprint density at radius 3 is 2.60 bits per heavy atom. The van der Waals surface area contributed by atoms with E-state index in [-0.39, 0.29) is 0 Å². The van der Waals surface area contributed by atoms with E-state index in [4.69, 9.17) is 4.99 Å². The summed E-state index contributed by atoms with van der Waals surface area (Å²) in [6.45, 7) is 10.3. The Hall–Kier alpha value is -0.770. The van der Waals surface area contributed by atoms with Gasteiger partial charge in [-0.3, -0.25) is 9.89 Å². The summed E-state index contributed by atoms with van der Waals surface area (Å²) in [6, 6.07) is 1.44. The lowest BCUT2D eigenvalue weighted by Gasteiger charge is -2.32. The Labute approximate surface area is 123 Å². The van der Waals surface area contributed by atoms with Crippen LogP contribution in [0.4, 0.5) is 0 Å². The van der Waals surface area contributed by atoms with Gasteiger partial charge in [0.25, 0.3) is 0 Å². The molecule has 114 valence electrons. The second-order valence-electron chi connectivity index (χ2n) is 6.75. The van der Waals surface area contributed by atoms with E-state index in [1.54, 1.807) is 0 Å². The summed E-state index contributed by atoms with van der Waals surface area (Å²) in [7, 11) is 0. The lowest BCUT2D eigenvalue weighted by molar-refractivity contribution is 0.168. The molecule has 1 N–H and O–H groups in total. The van der Waals surface area contributed by atoms with E-state index in [0.29, 0.717) is 6.04 Å². The lowest BCUT2D eigenvalue weighted by atomic mass is 10.1. The van der Waals surface area contributed by atoms with E-state index in [2.05, 4.69) is 29.0 Å². The third-order valence-electron chi connectivity index (χ3n) is 5.10. The Balaban J connectivity index is 1.55.